The molecule has 140 valence electrons. The quantitative estimate of drug-likeness (QED) is 0.723. The van der Waals surface area contributed by atoms with Gasteiger partial charge in [-0.05, 0) is 49.9 Å². The van der Waals surface area contributed by atoms with Crippen molar-refractivity contribution >= 4 is 6.03 Å². The van der Waals surface area contributed by atoms with Crippen LogP contribution < -0.4 is 20.1 Å². The molecule has 0 fully saturated rings. The first kappa shape index (κ1) is 19.6. The van der Waals surface area contributed by atoms with Crippen LogP contribution in [0.25, 0.3) is 0 Å². The number of carbonyl (C=O) groups excluding carboxylic acids is 1. The van der Waals surface area contributed by atoms with Gasteiger partial charge in [0.1, 0.15) is 0 Å². The van der Waals surface area contributed by atoms with Gasteiger partial charge in [-0.15, -0.1) is 0 Å². The predicted molar refractivity (Wildman–Crippen MR) is 104 cm³/mol. The average molecular weight is 356 g/mol. The second-order valence-electron chi connectivity index (χ2n) is 6.09. The van der Waals surface area contributed by atoms with Crippen LogP contribution in [0.15, 0.2) is 42.5 Å². The minimum atomic E-state index is -0.143. The maximum Gasteiger partial charge on any atom is 0.314 e. The maximum absolute atomic E-state index is 11.9. The van der Waals surface area contributed by atoms with Gasteiger partial charge in [-0.1, -0.05) is 35.9 Å². The number of rotatable bonds is 9. The summed E-state index contributed by atoms with van der Waals surface area (Å²) < 4.78 is 10.9. The molecule has 0 bridgehead atoms. The molecule has 5 nitrogen and oxygen atoms in total. The minimum Gasteiger partial charge on any atom is -0.493 e. The Labute approximate surface area is 155 Å². The van der Waals surface area contributed by atoms with Gasteiger partial charge in [-0.2, -0.15) is 0 Å². The number of hydrogen-bond donors (Lipinski definition) is 2. The minimum absolute atomic E-state index is 0.143. The molecule has 0 aromatic heterocycles. The molecule has 0 radical (unpaired) electrons. The van der Waals surface area contributed by atoms with Crippen molar-refractivity contribution in [2.75, 3.05) is 26.8 Å². The first-order valence-corrected chi connectivity index (χ1v) is 8.99. The van der Waals surface area contributed by atoms with Crippen molar-refractivity contribution < 1.29 is 14.3 Å². The van der Waals surface area contributed by atoms with E-state index in [0.717, 1.165) is 24.2 Å². The fourth-order valence-electron chi connectivity index (χ4n) is 2.71. The molecule has 0 aliphatic carbocycles. The van der Waals surface area contributed by atoms with Crippen LogP contribution in [0.5, 0.6) is 11.5 Å². The van der Waals surface area contributed by atoms with Gasteiger partial charge in [0, 0.05) is 13.1 Å². The molecule has 26 heavy (non-hydrogen) atoms. The van der Waals surface area contributed by atoms with E-state index in [-0.39, 0.29) is 6.03 Å². The van der Waals surface area contributed by atoms with Crippen LogP contribution >= 0.6 is 0 Å². The van der Waals surface area contributed by atoms with Crippen molar-refractivity contribution in [2.45, 2.75) is 26.7 Å². The van der Waals surface area contributed by atoms with Gasteiger partial charge in [0.2, 0.25) is 0 Å². The molecule has 0 atom stereocenters. The zero-order valence-corrected chi connectivity index (χ0v) is 15.8. The molecule has 0 unspecified atom stereocenters. The van der Waals surface area contributed by atoms with Crippen molar-refractivity contribution in [3.05, 3.63) is 59.2 Å². The lowest BCUT2D eigenvalue weighted by molar-refractivity contribution is 0.241. The first-order valence-electron chi connectivity index (χ1n) is 8.99. The lowest BCUT2D eigenvalue weighted by Gasteiger charge is -2.11. The molecule has 2 N–H and O–H groups in total. The molecule has 5 heteroatoms. The topological polar surface area (TPSA) is 59.6 Å². The van der Waals surface area contributed by atoms with Gasteiger partial charge >= 0.3 is 6.03 Å². The molecule has 0 spiro atoms. The number of amides is 2. The molecule has 0 saturated carbocycles. The summed E-state index contributed by atoms with van der Waals surface area (Å²) >= 11 is 0. The summed E-state index contributed by atoms with van der Waals surface area (Å²) in [5.74, 6) is 1.45. The Hall–Kier alpha value is -2.69. The lowest BCUT2D eigenvalue weighted by atomic mass is 10.1. The highest BCUT2D eigenvalue weighted by Gasteiger charge is 2.06. The SMILES string of the molecule is CCOc1ccc(CCNC(=O)NCCc2cccc(C)c2)cc1OC. The highest BCUT2D eigenvalue weighted by molar-refractivity contribution is 5.73. The Balaban J connectivity index is 1.71. The number of nitrogens with one attached hydrogen (secondary N) is 2. The van der Waals surface area contributed by atoms with E-state index in [9.17, 15) is 4.79 Å². The Bertz CT molecular complexity index is 716. The molecule has 0 heterocycles. The number of carbonyl (C=O) groups is 1. The van der Waals surface area contributed by atoms with Crippen LogP contribution in [0.3, 0.4) is 0 Å². The fourth-order valence-corrected chi connectivity index (χ4v) is 2.71. The van der Waals surface area contributed by atoms with E-state index < -0.39 is 0 Å². The standard InChI is InChI=1S/C21H28N2O3/c1-4-26-19-9-8-18(15-20(19)25-3)11-13-23-21(24)22-12-10-17-7-5-6-16(2)14-17/h5-9,14-15H,4,10-13H2,1-3H3,(H2,22,23,24). The summed E-state index contributed by atoms with van der Waals surface area (Å²) in [6.45, 7) is 5.79. The molecule has 0 aliphatic heterocycles. The summed E-state index contributed by atoms with van der Waals surface area (Å²) in [7, 11) is 1.63. The monoisotopic (exact) mass is 356 g/mol. The summed E-state index contributed by atoms with van der Waals surface area (Å²) in [6.07, 6.45) is 1.55. The number of methoxy groups -OCH3 is 1. The Morgan fingerprint density at radius 3 is 2.27 bits per heavy atom. The molecule has 0 aliphatic rings. The van der Waals surface area contributed by atoms with Crippen molar-refractivity contribution in [3.8, 4) is 11.5 Å². The number of aryl methyl sites for hydroxylation is 1. The van der Waals surface area contributed by atoms with Crippen molar-refractivity contribution in [1.82, 2.24) is 10.6 Å². The van der Waals surface area contributed by atoms with E-state index in [2.05, 4.69) is 35.8 Å². The van der Waals surface area contributed by atoms with Crippen LogP contribution in [0.4, 0.5) is 4.79 Å². The van der Waals surface area contributed by atoms with Gasteiger partial charge in [0.15, 0.2) is 11.5 Å². The van der Waals surface area contributed by atoms with Crippen LogP contribution in [-0.2, 0) is 12.8 Å². The molecule has 2 rings (SSSR count). The Morgan fingerprint density at radius 2 is 1.65 bits per heavy atom. The van der Waals surface area contributed by atoms with E-state index in [0.29, 0.717) is 25.4 Å². The van der Waals surface area contributed by atoms with E-state index in [4.69, 9.17) is 9.47 Å². The third-order valence-electron chi connectivity index (χ3n) is 4.01. The molecule has 0 saturated heterocycles. The predicted octanol–water partition coefficient (Wildman–Crippen LogP) is 3.49. The van der Waals surface area contributed by atoms with Crippen LogP contribution in [0.1, 0.15) is 23.6 Å². The molecular weight excluding hydrogens is 328 g/mol. The van der Waals surface area contributed by atoms with E-state index in [1.807, 2.05) is 31.2 Å². The lowest BCUT2D eigenvalue weighted by Crippen LogP contribution is -2.37. The average Bonchev–Trinajstić information content (AvgIpc) is 2.63. The Kier molecular flexibility index (Phi) is 7.80. The smallest absolute Gasteiger partial charge is 0.314 e. The highest BCUT2D eigenvalue weighted by atomic mass is 16.5. The van der Waals surface area contributed by atoms with Crippen molar-refractivity contribution in [2.24, 2.45) is 0 Å². The first-order chi connectivity index (χ1) is 12.6. The van der Waals surface area contributed by atoms with Crippen LogP contribution in [-0.4, -0.2) is 32.8 Å². The third-order valence-corrected chi connectivity index (χ3v) is 4.01. The highest BCUT2D eigenvalue weighted by Crippen LogP contribution is 2.28. The van der Waals surface area contributed by atoms with Gasteiger partial charge in [-0.25, -0.2) is 4.79 Å². The van der Waals surface area contributed by atoms with Gasteiger partial charge < -0.3 is 20.1 Å². The number of urea groups is 1. The van der Waals surface area contributed by atoms with Gasteiger partial charge in [0.25, 0.3) is 0 Å². The largest absolute Gasteiger partial charge is 0.493 e. The van der Waals surface area contributed by atoms with Crippen LogP contribution in [0, 0.1) is 6.92 Å². The molecule has 2 amide bonds. The third kappa shape index (κ3) is 6.31. The summed E-state index contributed by atoms with van der Waals surface area (Å²) in [6, 6.07) is 14.0. The second-order valence-corrected chi connectivity index (χ2v) is 6.09. The van der Waals surface area contributed by atoms with Crippen molar-refractivity contribution in [1.29, 1.82) is 0 Å². The molecule has 2 aromatic rings. The summed E-state index contributed by atoms with van der Waals surface area (Å²) in [4.78, 5) is 11.9. The van der Waals surface area contributed by atoms with E-state index in [1.165, 1.54) is 11.1 Å². The summed E-state index contributed by atoms with van der Waals surface area (Å²) in [5.41, 5.74) is 3.55. The normalized spacial score (nSPS) is 10.3. The molecular formula is C21H28N2O3. The fraction of sp³-hybridized carbons (Fsp3) is 0.381. The van der Waals surface area contributed by atoms with E-state index in [1.54, 1.807) is 7.11 Å². The Morgan fingerprint density at radius 1 is 0.962 bits per heavy atom. The van der Waals surface area contributed by atoms with Crippen molar-refractivity contribution in [3.63, 3.8) is 0 Å². The zero-order chi connectivity index (χ0) is 18.8. The van der Waals surface area contributed by atoms with Gasteiger partial charge in [-0.3, -0.25) is 0 Å². The van der Waals surface area contributed by atoms with Crippen LogP contribution in [0.2, 0.25) is 0 Å². The number of benzene rings is 2. The summed E-state index contributed by atoms with van der Waals surface area (Å²) in [5, 5.41) is 5.77. The van der Waals surface area contributed by atoms with E-state index >= 15 is 0 Å². The molecule has 2 aromatic carbocycles. The number of hydrogen-bond acceptors (Lipinski definition) is 3. The van der Waals surface area contributed by atoms with Gasteiger partial charge in [0.05, 0.1) is 13.7 Å². The maximum atomic E-state index is 11.9. The second kappa shape index (κ2) is 10.3. The zero-order valence-electron chi connectivity index (χ0n) is 15.8. The number of ether oxygens (including phenoxy) is 2.